The number of nitrogens with zero attached hydrogens (tertiary/aromatic N) is 2. The number of hydrogen-bond acceptors (Lipinski definition) is 6. The molecule has 1 unspecified atom stereocenters. The molecule has 37 heavy (non-hydrogen) atoms. The molecule has 0 spiro atoms. The van der Waals surface area contributed by atoms with Crippen LogP contribution in [0.3, 0.4) is 0 Å². The van der Waals surface area contributed by atoms with Crippen LogP contribution in [-0.2, 0) is 20.9 Å². The lowest BCUT2D eigenvalue weighted by molar-refractivity contribution is -0.136. The summed E-state index contributed by atoms with van der Waals surface area (Å²) in [5.41, 5.74) is 1.42. The number of aliphatic hydroxyl groups excluding tert-OH is 1. The first-order chi connectivity index (χ1) is 17.6. The minimum Gasteiger partial charge on any atom is -0.444 e. The molecule has 1 saturated heterocycles. The van der Waals surface area contributed by atoms with Crippen molar-refractivity contribution in [3.63, 3.8) is 0 Å². The predicted octanol–water partition coefficient (Wildman–Crippen LogP) is 2.98. The summed E-state index contributed by atoms with van der Waals surface area (Å²) in [6, 6.07) is 4.68. The van der Waals surface area contributed by atoms with Crippen LogP contribution >= 0.6 is 0 Å². The number of unbranched alkanes of at least 4 members (excludes halogenated alkanes) is 3. The summed E-state index contributed by atoms with van der Waals surface area (Å²) < 4.78 is 5.55. The maximum absolute atomic E-state index is 13.0. The van der Waals surface area contributed by atoms with E-state index in [1.54, 1.807) is 17.0 Å². The van der Waals surface area contributed by atoms with Gasteiger partial charge in [-0.05, 0) is 57.7 Å². The number of benzene rings is 1. The Morgan fingerprint density at radius 3 is 2.62 bits per heavy atom. The van der Waals surface area contributed by atoms with Crippen molar-refractivity contribution in [1.29, 1.82) is 0 Å². The van der Waals surface area contributed by atoms with Crippen LogP contribution in [0.1, 0.15) is 87.2 Å². The lowest BCUT2D eigenvalue weighted by Crippen LogP contribution is -2.52. The fraction of sp³-hybridized carbons (Fsp3) is 0.571. The van der Waals surface area contributed by atoms with Crippen LogP contribution in [0.4, 0.5) is 4.79 Å². The highest BCUT2D eigenvalue weighted by molar-refractivity contribution is 6.05. The summed E-state index contributed by atoms with van der Waals surface area (Å²) in [7, 11) is 0. The van der Waals surface area contributed by atoms with E-state index in [0.29, 0.717) is 37.1 Å². The summed E-state index contributed by atoms with van der Waals surface area (Å²) in [6.07, 6.45) is 3.98. The molecule has 9 heteroatoms. The standard InChI is InChI=1S/C28H37N3O6/c1-28(2,3)37-27(36)30(16-7-4-5-9-18-32)17-8-6-11-20-12-10-13-21-22(20)19-31(26(21)35)23-14-15-24(33)29-25(23)34/h10,12-13,23,32H,4-5,7-9,14-19H2,1-3H3,(H,29,33,34). The number of hydrogen-bond donors (Lipinski definition) is 2. The number of nitrogens with one attached hydrogen (secondary N) is 1. The first kappa shape index (κ1) is 28.2. The smallest absolute Gasteiger partial charge is 0.410 e. The van der Waals surface area contributed by atoms with Crippen LogP contribution < -0.4 is 5.32 Å². The summed E-state index contributed by atoms with van der Waals surface area (Å²) >= 11 is 0. The highest BCUT2D eigenvalue weighted by atomic mass is 16.6. The van der Waals surface area contributed by atoms with Crippen molar-refractivity contribution in [2.24, 2.45) is 0 Å². The average Bonchev–Trinajstić information content (AvgIpc) is 3.16. The summed E-state index contributed by atoms with van der Waals surface area (Å²) in [6.45, 7) is 6.91. The maximum Gasteiger partial charge on any atom is 0.410 e. The molecule has 4 amide bonds. The summed E-state index contributed by atoms with van der Waals surface area (Å²) in [4.78, 5) is 52.7. The Kier molecular flexibility index (Phi) is 9.70. The fourth-order valence-electron chi connectivity index (χ4n) is 4.44. The number of aliphatic hydroxyl groups is 1. The molecule has 1 atom stereocenters. The number of carbonyl (C=O) groups excluding carboxylic acids is 4. The van der Waals surface area contributed by atoms with Crippen molar-refractivity contribution in [2.45, 2.75) is 83.9 Å². The Morgan fingerprint density at radius 2 is 1.92 bits per heavy atom. The predicted molar refractivity (Wildman–Crippen MR) is 137 cm³/mol. The van der Waals surface area contributed by atoms with E-state index in [2.05, 4.69) is 17.2 Å². The fourth-order valence-corrected chi connectivity index (χ4v) is 4.44. The Morgan fingerprint density at radius 1 is 1.16 bits per heavy atom. The molecule has 0 aromatic heterocycles. The van der Waals surface area contributed by atoms with Crippen LogP contribution in [0, 0.1) is 11.8 Å². The van der Waals surface area contributed by atoms with Crippen molar-refractivity contribution in [2.75, 3.05) is 19.7 Å². The maximum atomic E-state index is 13.0. The SMILES string of the molecule is CC(C)(C)OC(=O)N(CCC#Cc1cccc2c1CN(C1CCC(=O)NC1=O)C2=O)CCCCCCO. The van der Waals surface area contributed by atoms with Crippen LogP contribution in [0.15, 0.2) is 18.2 Å². The van der Waals surface area contributed by atoms with Gasteiger partial charge in [-0.25, -0.2) is 4.79 Å². The van der Waals surface area contributed by atoms with Crippen molar-refractivity contribution in [3.05, 3.63) is 34.9 Å². The van der Waals surface area contributed by atoms with Gasteiger partial charge in [-0.2, -0.15) is 0 Å². The minimum absolute atomic E-state index is 0.172. The van der Waals surface area contributed by atoms with E-state index in [0.717, 1.165) is 31.2 Å². The van der Waals surface area contributed by atoms with Crippen molar-refractivity contribution >= 4 is 23.8 Å². The normalized spacial score (nSPS) is 17.1. The topological polar surface area (TPSA) is 116 Å². The number of imide groups is 1. The lowest BCUT2D eigenvalue weighted by Gasteiger charge is -2.29. The van der Waals surface area contributed by atoms with Crippen molar-refractivity contribution in [1.82, 2.24) is 15.1 Å². The van der Waals surface area contributed by atoms with Crippen LogP contribution in [-0.4, -0.2) is 70.1 Å². The zero-order valence-corrected chi connectivity index (χ0v) is 22.0. The third-order valence-corrected chi connectivity index (χ3v) is 6.30. The van der Waals surface area contributed by atoms with Gasteiger partial charge in [-0.1, -0.05) is 30.7 Å². The number of ether oxygens (including phenoxy) is 1. The number of fused-ring (bicyclic) bond motifs is 1. The number of carbonyl (C=O) groups is 4. The van der Waals surface area contributed by atoms with Gasteiger partial charge in [0.1, 0.15) is 11.6 Å². The molecule has 2 aliphatic heterocycles. The molecule has 0 saturated carbocycles. The van der Waals surface area contributed by atoms with Gasteiger partial charge in [-0.3, -0.25) is 19.7 Å². The van der Waals surface area contributed by atoms with Gasteiger partial charge < -0.3 is 19.6 Å². The Hall–Kier alpha value is -3.38. The lowest BCUT2D eigenvalue weighted by atomic mass is 10.0. The number of piperidine rings is 1. The van der Waals surface area contributed by atoms with E-state index in [1.807, 2.05) is 26.8 Å². The molecule has 2 aliphatic rings. The molecule has 1 aromatic carbocycles. The van der Waals surface area contributed by atoms with Crippen LogP contribution in [0.25, 0.3) is 0 Å². The molecule has 2 heterocycles. The van der Waals surface area contributed by atoms with Crippen LogP contribution in [0.5, 0.6) is 0 Å². The summed E-state index contributed by atoms with van der Waals surface area (Å²) in [5.74, 6) is 5.28. The average molecular weight is 512 g/mol. The van der Waals surface area contributed by atoms with Crippen molar-refractivity contribution < 1.29 is 29.0 Å². The number of rotatable bonds is 9. The third-order valence-electron chi connectivity index (χ3n) is 6.30. The quantitative estimate of drug-likeness (QED) is 0.299. The van der Waals surface area contributed by atoms with E-state index in [-0.39, 0.29) is 37.5 Å². The first-order valence-electron chi connectivity index (χ1n) is 12.9. The monoisotopic (exact) mass is 511 g/mol. The minimum atomic E-state index is -0.668. The zero-order valence-electron chi connectivity index (χ0n) is 22.0. The van der Waals surface area contributed by atoms with E-state index in [9.17, 15) is 19.2 Å². The molecule has 1 fully saturated rings. The molecule has 9 nitrogen and oxygen atoms in total. The second-order valence-electron chi connectivity index (χ2n) is 10.4. The Bertz CT molecular complexity index is 1080. The molecule has 0 radical (unpaired) electrons. The van der Waals surface area contributed by atoms with Crippen LogP contribution in [0.2, 0.25) is 0 Å². The second kappa shape index (κ2) is 12.7. The van der Waals surface area contributed by atoms with Gasteiger partial charge in [-0.15, -0.1) is 0 Å². The Balaban J connectivity index is 1.64. The highest BCUT2D eigenvalue weighted by Crippen LogP contribution is 2.29. The van der Waals surface area contributed by atoms with E-state index >= 15 is 0 Å². The molecule has 3 rings (SSSR count). The molecule has 0 bridgehead atoms. The third kappa shape index (κ3) is 7.80. The Labute approximate surface area is 218 Å². The van der Waals surface area contributed by atoms with Gasteiger partial charge in [0.05, 0.1) is 0 Å². The largest absolute Gasteiger partial charge is 0.444 e. The molecule has 0 aliphatic carbocycles. The molecular formula is C28H37N3O6. The zero-order chi connectivity index (χ0) is 27.0. The van der Waals surface area contributed by atoms with Gasteiger partial charge >= 0.3 is 6.09 Å². The number of amides is 4. The second-order valence-corrected chi connectivity index (χ2v) is 10.4. The van der Waals surface area contributed by atoms with E-state index in [4.69, 9.17) is 9.84 Å². The van der Waals surface area contributed by atoms with E-state index < -0.39 is 17.6 Å². The molecule has 1 aromatic rings. The first-order valence-corrected chi connectivity index (χ1v) is 12.9. The summed E-state index contributed by atoms with van der Waals surface area (Å²) in [5, 5.41) is 11.3. The molecule has 200 valence electrons. The van der Waals surface area contributed by atoms with Gasteiger partial charge in [0.25, 0.3) is 5.91 Å². The van der Waals surface area contributed by atoms with Gasteiger partial charge in [0.15, 0.2) is 0 Å². The highest BCUT2D eigenvalue weighted by Gasteiger charge is 2.39. The van der Waals surface area contributed by atoms with Crippen molar-refractivity contribution in [3.8, 4) is 11.8 Å². The molecular weight excluding hydrogens is 474 g/mol. The van der Waals surface area contributed by atoms with E-state index in [1.165, 1.54) is 4.90 Å². The van der Waals surface area contributed by atoms with Gasteiger partial charge in [0.2, 0.25) is 11.8 Å². The van der Waals surface area contributed by atoms with Gasteiger partial charge in [0, 0.05) is 50.2 Å². The molecule has 2 N–H and O–H groups in total.